The summed E-state index contributed by atoms with van der Waals surface area (Å²) in [7, 11) is -3.56. The van der Waals surface area contributed by atoms with E-state index in [9.17, 15) is 22.0 Å². The Labute approximate surface area is 144 Å². The minimum atomic E-state index is -3.56. The van der Waals surface area contributed by atoms with Gasteiger partial charge in [-0.15, -0.1) is 0 Å². The Hall–Kier alpha value is -2.39. The topological polar surface area (TPSA) is 79.4 Å². The van der Waals surface area contributed by atoms with Crippen LogP contribution in [-0.4, -0.2) is 36.4 Å². The van der Waals surface area contributed by atoms with Crippen molar-refractivity contribution in [1.29, 1.82) is 0 Å². The quantitative estimate of drug-likeness (QED) is 0.811. The van der Waals surface area contributed by atoms with Crippen LogP contribution in [0.4, 0.5) is 14.5 Å². The van der Waals surface area contributed by atoms with Gasteiger partial charge < -0.3 is 5.32 Å². The van der Waals surface area contributed by atoms with Crippen LogP contribution in [0.2, 0.25) is 0 Å². The number of anilines is 1. The molecule has 134 valence electrons. The van der Waals surface area contributed by atoms with Crippen molar-refractivity contribution in [2.75, 3.05) is 18.1 Å². The Morgan fingerprint density at radius 1 is 1.16 bits per heavy atom. The molecule has 0 saturated heterocycles. The molecule has 0 aliphatic carbocycles. The van der Waals surface area contributed by atoms with E-state index < -0.39 is 33.3 Å². The van der Waals surface area contributed by atoms with Crippen LogP contribution in [-0.2, 0) is 21.4 Å². The number of sulfonamides is 1. The van der Waals surface area contributed by atoms with E-state index in [1.165, 1.54) is 18.5 Å². The molecule has 1 amide bonds. The van der Waals surface area contributed by atoms with E-state index in [1.807, 2.05) is 0 Å². The van der Waals surface area contributed by atoms with E-state index in [0.29, 0.717) is 5.56 Å². The van der Waals surface area contributed by atoms with E-state index >= 15 is 0 Å². The summed E-state index contributed by atoms with van der Waals surface area (Å²) in [5, 5.41) is 2.13. The second-order valence-corrected chi connectivity index (χ2v) is 7.33. The van der Waals surface area contributed by atoms with Crippen LogP contribution in [0.15, 0.2) is 42.7 Å². The number of hydrogen-bond acceptors (Lipinski definition) is 4. The summed E-state index contributed by atoms with van der Waals surface area (Å²) in [6.45, 7) is -0.0498. The average molecular weight is 369 g/mol. The predicted molar refractivity (Wildman–Crippen MR) is 89.1 cm³/mol. The minimum absolute atomic E-state index is 0.0721. The number of amides is 1. The first kappa shape index (κ1) is 18.9. The maximum absolute atomic E-state index is 13.5. The number of carbonyl (C=O) groups excluding carboxylic acids is 1. The molecule has 6 nitrogen and oxygen atoms in total. The highest BCUT2D eigenvalue weighted by Crippen LogP contribution is 2.18. The van der Waals surface area contributed by atoms with Gasteiger partial charge in [0.1, 0.15) is 17.3 Å². The fourth-order valence-electron chi connectivity index (χ4n) is 2.10. The molecule has 2 aromatic rings. The molecule has 0 bridgehead atoms. The van der Waals surface area contributed by atoms with E-state index in [2.05, 4.69) is 10.3 Å². The van der Waals surface area contributed by atoms with Gasteiger partial charge in [0.15, 0.2) is 0 Å². The summed E-state index contributed by atoms with van der Waals surface area (Å²) in [6.07, 6.45) is 3.85. The lowest BCUT2D eigenvalue weighted by atomic mass is 10.2. The van der Waals surface area contributed by atoms with Crippen molar-refractivity contribution >= 4 is 21.6 Å². The van der Waals surface area contributed by atoms with Crippen molar-refractivity contribution in [2.45, 2.75) is 13.0 Å². The Morgan fingerprint density at radius 2 is 1.76 bits per heavy atom. The maximum atomic E-state index is 13.5. The van der Waals surface area contributed by atoms with E-state index in [-0.39, 0.29) is 19.5 Å². The van der Waals surface area contributed by atoms with E-state index in [1.54, 1.807) is 12.1 Å². The minimum Gasteiger partial charge on any atom is -0.321 e. The summed E-state index contributed by atoms with van der Waals surface area (Å²) in [4.78, 5) is 15.8. The molecule has 1 heterocycles. The smallest absolute Gasteiger partial charge is 0.225 e. The van der Waals surface area contributed by atoms with Crippen molar-refractivity contribution in [3.05, 3.63) is 59.9 Å². The molecular formula is C16H17F2N3O3S. The summed E-state index contributed by atoms with van der Waals surface area (Å²) < 4.78 is 51.9. The molecule has 1 aromatic heterocycles. The Bertz CT molecular complexity index is 825. The molecule has 1 N–H and O–H groups in total. The van der Waals surface area contributed by atoms with Crippen LogP contribution in [0.5, 0.6) is 0 Å². The van der Waals surface area contributed by atoms with Crippen LogP contribution >= 0.6 is 0 Å². The van der Waals surface area contributed by atoms with Crippen LogP contribution in [0.3, 0.4) is 0 Å². The van der Waals surface area contributed by atoms with Crippen LogP contribution in [0.25, 0.3) is 0 Å². The number of nitrogens with zero attached hydrogens (tertiary/aromatic N) is 2. The first-order valence-electron chi connectivity index (χ1n) is 7.35. The average Bonchev–Trinajstić information content (AvgIpc) is 2.55. The van der Waals surface area contributed by atoms with Gasteiger partial charge in [-0.3, -0.25) is 9.78 Å². The SMILES string of the molecule is CS(=O)(=O)N(CCC(=O)Nc1c(F)cccc1F)Cc1ccncc1. The zero-order chi connectivity index (χ0) is 18.4. The van der Waals surface area contributed by atoms with Gasteiger partial charge >= 0.3 is 0 Å². The molecule has 25 heavy (non-hydrogen) atoms. The number of rotatable bonds is 7. The van der Waals surface area contributed by atoms with Gasteiger partial charge in [0.2, 0.25) is 15.9 Å². The van der Waals surface area contributed by atoms with Gasteiger partial charge in [-0.05, 0) is 29.8 Å². The number of halogens is 2. The predicted octanol–water partition coefficient (Wildman–Crippen LogP) is 2.15. The molecule has 0 aliphatic rings. The first-order chi connectivity index (χ1) is 11.8. The largest absolute Gasteiger partial charge is 0.321 e. The van der Waals surface area contributed by atoms with Crippen molar-refractivity contribution in [3.63, 3.8) is 0 Å². The van der Waals surface area contributed by atoms with Gasteiger partial charge in [-0.1, -0.05) is 6.07 Å². The fourth-order valence-corrected chi connectivity index (χ4v) is 2.91. The third-order valence-corrected chi connectivity index (χ3v) is 4.64. The third-order valence-electron chi connectivity index (χ3n) is 3.39. The lowest BCUT2D eigenvalue weighted by Gasteiger charge is -2.19. The molecule has 0 unspecified atom stereocenters. The molecule has 0 aliphatic heterocycles. The Morgan fingerprint density at radius 3 is 2.32 bits per heavy atom. The molecule has 0 atom stereocenters. The first-order valence-corrected chi connectivity index (χ1v) is 9.20. The molecule has 0 spiro atoms. The summed E-state index contributed by atoms with van der Waals surface area (Å²) in [5.74, 6) is -2.48. The number of nitrogens with one attached hydrogen (secondary N) is 1. The molecule has 2 rings (SSSR count). The number of hydrogen-bond donors (Lipinski definition) is 1. The van der Waals surface area contributed by atoms with Crippen molar-refractivity contribution < 1.29 is 22.0 Å². The maximum Gasteiger partial charge on any atom is 0.225 e. The van der Waals surface area contributed by atoms with E-state index in [4.69, 9.17) is 0 Å². The fraction of sp³-hybridized carbons (Fsp3) is 0.250. The zero-order valence-corrected chi connectivity index (χ0v) is 14.3. The van der Waals surface area contributed by atoms with Crippen LogP contribution in [0, 0.1) is 11.6 Å². The highest BCUT2D eigenvalue weighted by Gasteiger charge is 2.19. The van der Waals surface area contributed by atoms with Gasteiger partial charge in [0.05, 0.1) is 6.26 Å². The molecule has 0 saturated carbocycles. The number of aromatic nitrogens is 1. The third kappa shape index (κ3) is 5.57. The van der Waals surface area contributed by atoms with Crippen LogP contribution in [0.1, 0.15) is 12.0 Å². The highest BCUT2D eigenvalue weighted by molar-refractivity contribution is 7.88. The number of benzene rings is 1. The number of para-hydroxylation sites is 1. The Kier molecular flexibility index (Phi) is 6.16. The van der Waals surface area contributed by atoms with Gasteiger partial charge in [0.25, 0.3) is 0 Å². The van der Waals surface area contributed by atoms with Crippen molar-refractivity contribution in [1.82, 2.24) is 9.29 Å². The lowest BCUT2D eigenvalue weighted by Crippen LogP contribution is -2.32. The molecular weight excluding hydrogens is 352 g/mol. The second-order valence-electron chi connectivity index (χ2n) is 5.35. The normalized spacial score (nSPS) is 11.5. The molecule has 0 radical (unpaired) electrons. The number of pyridine rings is 1. The molecule has 1 aromatic carbocycles. The second kappa shape index (κ2) is 8.13. The summed E-state index contributed by atoms with van der Waals surface area (Å²) in [5.41, 5.74) is 0.161. The standard InChI is InChI=1S/C16H17F2N3O3S/c1-25(23,24)21(11-12-5-8-19-9-6-12)10-7-15(22)20-16-13(17)3-2-4-14(16)18/h2-6,8-9H,7,10-11H2,1H3,(H,20,22). The molecule has 9 heteroatoms. The number of carbonyl (C=O) groups is 1. The van der Waals surface area contributed by atoms with Gasteiger partial charge in [-0.2, -0.15) is 4.31 Å². The zero-order valence-electron chi connectivity index (χ0n) is 13.4. The van der Waals surface area contributed by atoms with E-state index in [0.717, 1.165) is 22.7 Å². The lowest BCUT2D eigenvalue weighted by molar-refractivity contribution is -0.116. The van der Waals surface area contributed by atoms with Crippen molar-refractivity contribution in [3.8, 4) is 0 Å². The summed E-state index contributed by atoms with van der Waals surface area (Å²) >= 11 is 0. The van der Waals surface area contributed by atoms with Crippen LogP contribution < -0.4 is 5.32 Å². The summed E-state index contributed by atoms with van der Waals surface area (Å²) in [6, 6.07) is 6.54. The van der Waals surface area contributed by atoms with Crippen molar-refractivity contribution in [2.24, 2.45) is 0 Å². The van der Waals surface area contributed by atoms with Gasteiger partial charge in [0, 0.05) is 31.9 Å². The van der Waals surface area contributed by atoms with Gasteiger partial charge in [-0.25, -0.2) is 17.2 Å². The molecule has 0 fully saturated rings. The Balaban J connectivity index is 2.02. The highest BCUT2D eigenvalue weighted by atomic mass is 32.2. The monoisotopic (exact) mass is 369 g/mol.